The van der Waals surface area contributed by atoms with Gasteiger partial charge in [0, 0.05) is 0 Å². The summed E-state index contributed by atoms with van der Waals surface area (Å²) in [7, 11) is 0. The summed E-state index contributed by atoms with van der Waals surface area (Å²) in [5.41, 5.74) is 1.65. The number of hydrogen-bond donors (Lipinski definition) is 0. The van der Waals surface area contributed by atoms with Gasteiger partial charge in [-0.1, -0.05) is 18.6 Å². The van der Waals surface area contributed by atoms with Crippen molar-refractivity contribution in [2.75, 3.05) is 13.2 Å². The van der Waals surface area contributed by atoms with Crippen molar-refractivity contribution in [3.8, 4) is 0 Å². The molecule has 0 aromatic rings. The van der Waals surface area contributed by atoms with E-state index in [9.17, 15) is 0 Å². The van der Waals surface area contributed by atoms with E-state index in [-0.39, 0.29) is 0 Å². The molecule has 0 spiro atoms. The van der Waals surface area contributed by atoms with E-state index in [4.69, 9.17) is 4.74 Å². The molecule has 0 aromatic heterocycles. The standard InChI is InChI=1S/C10H16O/c1-2-8-3-4-9-6-11-7-10(9)5-8/h3,9-10H,2,4-7H2,1H3. The summed E-state index contributed by atoms with van der Waals surface area (Å²) in [6.07, 6.45) is 6.24. The molecule has 0 amide bonds. The van der Waals surface area contributed by atoms with E-state index in [1.54, 1.807) is 5.57 Å². The zero-order valence-electron chi connectivity index (χ0n) is 7.18. The van der Waals surface area contributed by atoms with E-state index in [0.717, 1.165) is 25.0 Å². The fraction of sp³-hybridized carbons (Fsp3) is 0.800. The minimum Gasteiger partial charge on any atom is -0.381 e. The Hall–Kier alpha value is -0.300. The van der Waals surface area contributed by atoms with Crippen LogP contribution >= 0.6 is 0 Å². The maximum atomic E-state index is 5.45. The Morgan fingerprint density at radius 2 is 2.27 bits per heavy atom. The first kappa shape index (κ1) is 7.35. The Labute approximate surface area is 68.4 Å². The molecule has 1 aliphatic carbocycles. The number of fused-ring (bicyclic) bond motifs is 1. The van der Waals surface area contributed by atoms with Gasteiger partial charge in [0.15, 0.2) is 0 Å². The normalized spacial score (nSPS) is 36.6. The molecule has 0 N–H and O–H groups in total. The highest BCUT2D eigenvalue weighted by molar-refractivity contribution is 5.09. The largest absolute Gasteiger partial charge is 0.381 e. The van der Waals surface area contributed by atoms with Crippen LogP contribution in [0.3, 0.4) is 0 Å². The smallest absolute Gasteiger partial charge is 0.0501 e. The minimum atomic E-state index is 0.852. The van der Waals surface area contributed by atoms with Gasteiger partial charge < -0.3 is 4.74 Å². The summed E-state index contributed by atoms with van der Waals surface area (Å²) in [5, 5.41) is 0. The predicted octanol–water partition coefficient (Wildman–Crippen LogP) is 2.38. The van der Waals surface area contributed by atoms with Crippen molar-refractivity contribution in [3.63, 3.8) is 0 Å². The SMILES string of the molecule is CCC1=CCC2COCC2C1. The van der Waals surface area contributed by atoms with Crippen LogP contribution in [0.25, 0.3) is 0 Å². The molecular weight excluding hydrogens is 136 g/mol. The highest BCUT2D eigenvalue weighted by atomic mass is 16.5. The van der Waals surface area contributed by atoms with Crippen molar-refractivity contribution >= 4 is 0 Å². The van der Waals surface area contributed by atoms with Crippen LogP contribution in [0.2, 0.25) is 0 Å². The third-order valence-corrected chi connectivity index (χ3v) is 3.02. The third-order valence-electron chi connectivity index (χ3n) is 3.02. The van der Waals surface area contributed by atoms with E-state index in [2.05, 4.69) is 13.0 Å². The molecule has 0 aromatic carbocycles. The van der Waals surface area contributed by atoms with E-state index >= 15 is 0 Å². The van der Waals surface area contributed by atoms with Crippen LogP contribution in [-0.4, -0.2) is 13.2 Å². The molecule has 1 heterocycles. The highest BCUT2D eigenvalue weighted by Crippen LogP contribution is 2.35. The molecule has 2 aliphatic rings. The van der Waals surface area contributed by atoms with E-state index in [1.165, 1.54) is 19.3 Å². The van der Waals surface area contributed by atoms with Crippen LogP contribution in [-0.2, 0) is 4.74 Å². The predicted molar refractivity (Wildman–Crippen MR) is 45.4 cm³/mol. The topological polar surface area (TPSA) is 9.23 Å². The van der Waals surface area contributed by atoms with Gasteiger partial charge in [-0.2, -0.15) is 0 Å². The number of rotatable bonds is 1. The van der Waals surface area contributed by atoms with Crippen molar-refractivity contribution in [1.82, 2.24) is 0 Å². The molecule has 0 saturated carbocycles. The third kappa shape index (κ3) is 1.34. The Balaban J connectivity index is 2.03. The van der Waals surface area contributed by atoms with E-state index in [0.29, 0.717) is 0 Å². The van der Waals surface area contributed by atoms with Gasteiger partial charge in [-0.05, 0) is 31.1 Å². The van der Waals surface area contributed by atoms with Gasteiger partial charge in [-0.15, -0.1) is 0 Å². The molecule has 1 fully saturated rings. The lowest BCUT2D eigenvalue weighted by molar-refractivity contribution is 0.181. The van der Waals surface area contributed by atoms with Crippen LogP contribution in [0.15, 0.2) is 11.6 Å². The van der Waals surface area contributed by atoms with Crippen LogP contribution in [0, 0.1) is 11.8 Å². The number of ether oxygens (including phenoxy) is 1. The number of hydrogen-bond acceptors (Lipinski definition) is 1. The van der Waals surface area contributed by atoms with Crippen LogP contribution in [0.1, 0.15) is 26.2 Å². The average molecular weight is 152 g/mol. The fourth-order valence-electron chi connectivity index (χ4n) is 2.16. The first-order valence-electron chi connectivity index (χ1n) is 4.65. The fourth-order valence-corrected chi connectivity index (χ4v) is 2.16. The lowest BCUT2D eigenvalue weighted by atomic mass is 9.81. The molecule has 1 saturated heterocycles. The second-order valence-electron chi connectivity index (χ2n) is 3.71. The van der Waals surface area contributed by atoms with Crippen molar-refractivity contribution < 1.29 is 4.74 Å². The first-order valence-corrected chi connectivity index (χ1v) is 4.65. The minimum absolute atomic E-state index is 0.852. The Bertz CT molecular complexity index is 172. The summed E-state index contributed by atoms with van der Waals surface area (Å²) in [5.74, 6) is 1.71. The monoisotopic (exact) mass is 152 g/mol. The van der Waals surface area contributed by atoms with Crippen LogP contribution in [0.5, 0.6) is 0 Å². The summed E-state index contributed by atoms with van der Waals surface area (Å²) < 4.78 is 5.45. The van der Waals surface area contributed by atoms with Crippen LogP contribution < -0.4 is 0 Å². The van der Waals surface area contributed by atoms with Crippen molar-refractivity contribution in [2.24, 2.45) is 11.8 Å². The van der Waals surface area contributed by atoms with Gasteiger partial charge in [-0.25, -0.2) is 0 Å². The van der Waals surface area contributed by atoms with E-state index < -0.39 is 0 Å². The molecule has 2 rings (SSSR count). The molecule has 11 heavy (non-hydrogen) atoms. The molecule has 2 atom stereocenters. The van der Waals surface area contributed by atoms with Gasteiger partial charge in [0.05, 0.1) is 13.2 Å². The Morgan fingerprint density at radius 1 is 1.45 bits per heavy atom. The second kappa shape index (κ2) is 2.98. The van der Waals surface area contributed by atoms with Crippen molar-refractivity contribution in [1.29, 1.82) is 0 Å². The second-order valence-corrected chi connectivity index (χ2v) is 3.71. The quantitative estimate of drug-likeness (QED) is 0.524. The molecule has 1 nitrogen and oxygen atoms in total. The summed E-state index contributed by atoms with van der Waals surface area (Å²) in [6, 6.07) is 0. The number of allylic oxidation sites excluding steroid dienone is 2. The zero-order chi connectivity index (χ0) is 7.68. The maximum absolute atomic E-state index is 5.45. The Morgan fingerprint density at radius 3 is 3.09 bits per heavy atom. The Kier molecular flexibility index (Phi) is 1.99. The summed E-state index contributed by atoms with van der Waals surface area (Å²) in [4.78, 5) is 0. The van der Waals surface area contributed by atoms with Gasteiger partial charge in [0.25, 0.3) is 0 Å². The lowest BCUT2D eigenvalue weighted by Crippen LogP contribution is -2.16. The summed E-state index contributed by atoms with van der Waals surface area (Å²) in [6.45, 7) is 4.28. The van der Waals surface area contributed by atoms with Gasteiger partial charge in [0.1, 0.15) is 0 Å². The van der Waals surface area contributed by atoms with Gasteiger partial charge >= 0.3 is 0 Å². The van der Waals surface area contributed by atoms with Gasteiger partial charge in [0.2, 0.25) is 0 Å². The molecule has 2 unspecified atom stereocenters. The molecule has 1 aliphatic heterocycles. The zero-order valence-corrected chi connectivity index (χ0v) is 7.18. The van der Waals surface area contributed by atoms with Crippen molar-refractivity contribution in [2.45, 2.75) is 26.2 Å². The molecule has 0 bridgehead atoms. The highest BCUT2D eigenvalue weighted by Gasteiger charge is 2.30. The molecule has 1 heteroatoms. The summed E-state index contributed by atoms with van der Waals surface area (Å²) >= 11 is 0. The average Bonchev–Trinajstić information content (AvgIpc) is 2.50. The lowest BCUT2D eigenvalue weighted by Gasteiger charge is -2.22. The molecule has 62 valence electrons. The molecule has 0 radical (unpaired) electrons. The van der Waals surface area contributed by atoms with E-state index in [1.807, 2.05) is 0 Å². The first-order chi connectivity index (χ1) is 5.40. The van der Waals surface area contributed by atoms with Crippen LogP contribution in [0.4, 0.5) is 0 Å². The molecular formula is C10H16O. The van der Waals surface area contributed by atoms with Gasteiger partial charge in [-0.3, -0.25) is 0 Å². The maximum Gasteiger partial charge on any atom is 0.0501 e. The van der Waals surface area contributed by atoms with Crippen molar-refractivity contribution in [3.05, 3.63) is 11.6 Å².